The smallest absolute Gasteiger partial charge is 0.303 e. The Kier molecular flexibility index (Phi) is 2.90. The van der Waals surface area contributed by atoms with Crippen molar-refractivity contribution in [1.29, 1.82) is 0 Å². The predicted octanol–water partition coefficient (Wildman–Crippen LogP) is 3.48. The molecule has 0 radical (unpaired) electrons. The zero-order chi connectivity index (χ0) is 15.3. The van der Waals surface area contributed by atoms with Gasteiger partial charge in [-0.2, -0.15) is 0 Å². The van der Waals surface area contributed by atoms with E-state index in [1.54, 1.807) is 4.57 Å². The number of nitrogens with zero attached hydrogens (tertiary/aromatic N) is 3. The van der Waals surface area contributed by atoms with E-state index < -0.39 is 0 Å². The van der Waals surface area contributed by atoms with Gasteiger partial charge in [-0.1, -0.05) is 30.4 Å². The number of aryl methyl sites for hydroxylation is 2. The largest absolute Gasteiger partial charge is 0.307 e. The van der Waals surface area contributed by atoms with Gasteiger partial charge in [0, 0.05) is 18.8 Å². The summed E-state index contributed by atoms with van der Waals surface area (Å²) in [5.41, 5.74) is 5.16. The average molecular weight is 309 g/mol. The highest BCUT2D eigenvalue weighted by atomic mass is 32.1. The van der Waals surface area contributed by atoms with Gasteiger partial charge in [-0.25, -0.2) is 4.98 Å². The summed E-state index contributed by atoms with van der Waals surface area (Å²) in [5, 5.41) is 0. The van der Waals surface area contributed by atoms with Gasteiger partial charge in [-0.3, -0.25) is 4.79 Å². The summed E-state index contributed by atoms with van der Waals surface area (Å²) in [5.74, 6) is 0. The summed E-state index contributed by atoms with van der Waals surface area (Å²) >= 11 is 1.28. The second-order valence-corrected chi connectivity index (χ2v) is 6.29. The first-order chi connectivity index (χ1) is 10.7. The van der Waals surface area contributed by atoms with Crippen molar-refractivity contribution in [2.75, 3.05) is 0 Å². The van der Waals surface area contributed by atoms with E-state index in [0.717, 1.165) is 33.5 Å². The van der Waals surface area contributed by atoms with Gasteiger partial charge < -0.3 is 8.97 Å². The van der Waals surface area contributed by atoms with E-state index in [9.17, 15) is 4.79 Å². The number of rotatable bonds is 2. The van der Waals surface area contributed by atoms with Crippen LogP contribution in [0.5, 0.6) is 0 Å². The van der Waals surface area contributed by atoms with Crippen molar-refractivity contribution >= 4 is 27.2 Å². The molecule has 4 aromatic rings. The summed E-state index contributed by atoms with van der Waals surface area (Å²) in [7, 11) is 1.81. The van der Waals surface area contributed by atoms with Gasteiger partial charge in [0.05, 0.1) is 21.6 Å². The van der Waals surface area contributed by atoms with Crippen molar-refractivity contribution in [3.63, 3.8) is 0 Å². The molecule has 1 aromatic carbocycles. The second kappa shape index (κ2) is 4.81. The maximum absolute atomic E-state index is 11.8. The van der Waals surface area contributed by atoms with Gasteiger partial charge in [-0.15, -0.1) is 0 Å². The van der Waals surface area contributed by atoms with Crippen molar-refractivity contribution in [1.82, 2.24) is 14.0 Å². The third-order valence-electron chi connectivity index (χ3n) is 4.03. The van der Waals surface area contributed by atoms with Crippen LogP contribution in [-0.2, 0) is 13.5 Å². The van der Waals surface area contributed by atoms with Crippen molar-refractivity contribution in [3.05, 3.63) is 58.0 Å². The highest BCUT2D eigenvalue weighted by Crippen LogP contribution is 2.28. The van der Waals surface area contributed by atoms with E-state index in [2.05, 4.69) is 23.5 Å². The van der Waals surface area contributed by atoms with E-state index in [-0.39, 0.29) is 4.87 Å². The molecule has 5 heteroatoms. The van der Waals surface area contributed by atoms with Crippen LogP contribution in [0.25, 0.3) is 27.1 Å². The lowest BCUT2D eigenvalue weighted by molar-refractivity contribution is 0.938. The highest BCUT2D eigenvalue weighted by molar-refractivity contribution is 7.16. The number of benzene rings is 1. The number of fused-ring (bicyclic) bond motifs is 2. The van der Waals surface area contributed by atoms with Gasteiger partial charge in [0.15, 0.2) is 0 Å². The fraction of sp³-hybridized carbons (Fsp3) is 0.176. The molecule has 0 aliphatic carbocycles. The molecular weight excluding hydrogens is 294 g/mol. The summed E-state index contributed by atoms with van der Waals surface area (Å²) in [6.07, 6.45) is 2.95. The molecular formula is C17H15N3OS. The molecule has 3 heterocycles. The van der Waals surface area contributed by atoms with Gasteiger partial charge in [-0.05, 0) is 30.7 Å². The fourth-order valence-electron chi connectivity index (χ4n) is 2.89. The molecule has 0 unspecified atom stereocenters. The third-order valence-corrected chi connectivity index (χ3v) is 5.04. The number of thiazole rings is 1. The van der Waals surface area contributed by atoms with Gasteiger partial charge in [0.1, 0.15) is 5.65 Å². The monoisotopic (exact) mass is 309 g/mol. The van der Waals surface area contributed by atoms with Crippen molar-refractivity contribution in [2.45, 2.75) is 13.3 Å². The Morgan fingerprint density at radius 2 is 2.09 bits per heavy atom. The topological polar surface area (TPSA) is 39.3 Å². The van der Waals surface area contributed by atoms with Crippen LogP contribution in [-0.4, -0.2) is 14.0 Å². The zero-order valence-electron chi connectivity index (χ0n) is 12.4. The Morgan fingerprint density at radius 1 is 1.23 bits per heavy atom. The first-order valence-corrected chi connectivity index (χ1v) is 8.06. The lowest BCUT2D eigenvalue weighted by Crippen LogP contribution is -2.06. The van der Waals surface area contributed by atoms with E-state index in [1.807, 2.05) is 37.5 Å². The Morgan fingerprint density at radius 3 is 2.91 bits per heavy atom. The Balaban J connectivity index is 2.02. The van der Waals surface area contributed by atoms with E-state index in [0.29, 0.717) is 0 Å². The minimum Gasteiger partial charge on any atom is -0.303 e. The summed E-state index contributed by atoms with van der Waals surface area (Å²) in [4.78, 5) is 16.7. The average Bonchev–Trinajstić information content (AvgIpc) is 3.05. The fourth-order valence-corrected chi connectivity index (χ4v) is 3.75. The van der Waals surface area contributed by atoms with Crippen LogP contribution in [0, 0.1) is 0 Å². The number of imidazole rings is 1. The van der Waals surface area contributed by atoms with E-state index in [1.165, 1.54) is 17.0 Å². The van der Waals surface area contributed by atoms with Crippen LogP contribution in [0.4, 0.5) is 0 Å². The lowest BCUT2D eigenvalue weighted by atomic mass is 10.1. The summed E-state index contributed by atoms with van der Waals surface area (Å²) in [6.45, 7) is 2.14. The number of hydrogen-bond donors (Lipinski definition) is 0. The lowest BCUT2D eigenvalue weighted by Gasteiger charge is -2.03. The minimum atomic E-state index is 0.0675. The molecule has 4 rings (SSSR count). The molecule has 22 heavy (non-hydrogen) atoms. The van der Waals surface area contributed by atoms with Crippen molar-refractivity contribution in [3.8, 4) is 11.3 Å². The number of aromatic nitrogens is 3. The Bertz CT molecular complexity index is 1050. The van der Waals surface area contributed by atoms with E-state index in [4.69, 9.17) is 4.98 Å². The van der Waals surface area contributed by atoms with Crippen LogP contribution in [0.1, 0.15) is 12.6 Å². The van der Waals surface area contributed by atoms with Crippen LogP contribution >= 0.6 is 11.3 Å². The summed E-state index contributed by atoms with van der Waals surface area (Å²) < 4.78 is 4.84. The first kappa shape index (κ1) is 13.3. The van der Waals surface area contributed by atoms with Crippen LogP contribution in [0.15, 0.2) is 47.4 Å². The molecule has 0 fully saturated rings. The predicted molar refractivity (Wildman–Crippen MR) is 90.6 cm³/mol. The molecule has 0 aliphatic heterocycles. The molecule has 4 nitrogen and oxygen atoms in total. The second-order valence-electron chi connectivity index (χ2n) is 5.30. The maximum Gasteiger partial charge on any atom is 0.307 e. The number of hydrogen-bond acceptors (Lipinski definition) is 3. The molecule has 110 valence electrons. The van der Waals surface area contributed by atoms with Crippen LogP contribution < -0.4 is 4.87 Å². The quantitative estimate of drug-likeness (QED) is 0.569. The molecule has 0 aliphatic rings. The third kappa shape index (κ3) is 1.82. The van der Waals surface area contributed by atoms with Gasteiger partial charge in [0.25, 0.3) is 0 Å². The molecule has 0 bridgehead atoms. The molecule has 0 amide bonds. The number of pyridine rings is 1. The summed E-state index contributed by atoms with van der Waals surface area (Å²) in [6, 6.07) is 12.2. The molecule has 3 aromatic heterocycles. The normalized spacial score (nSPS) is 11.5. The Labute approximate surface area is 131 Å². The van der Waals surface area contributed by atoms with Crippen molar-refractivity contribution < 1.29 is 0 Å². The van der Waals surface area contributed by atoms with Crippen molar-refractivity contribution in [2.24, 2.45) is 7.05 Å². The molecule has 0 saturated heterocycles. The van der Waals surface area contributed by atoms with Gasteiger partial charge in [0.2, 0.25) is 0 Å². The molecule has 0 saturated carbocycles. The SMILES string of the molecule is CCc1c(-c2ccc3sc(=O)n(C)c3c2)nc2ccccn12. The van der Waals surface area contributed by atoms with Crippen LogP contribution in [0.2, 0.25) is 0 Å². The zero-order valence-corrected chi connectivity index (χ0v) is 13.2. The van der Waals surface area contributed by atoms with Crippen LogP contribution in [0.3, 0.4) is 0 Å². The minimum absolute atomic E-state index is 0.0675. The first-order valence-electron chi connectivity index (χ1n) is 7.25. The molecule has 0 spiro atoms. The molecule has 0 atom stereocenters. The maximum atomic E-state index is 11.8. The standard InChI is InChI=1S/C17H15N3OS/c1-3-12-16(18-15-6-4-5-9-20(12)15)11-7-8-14-13(10-11)19(2)17(21)22-14/h4-10H,3H2,1-2H3. The highest BCUT2D eigenvalue weighted by Gasteiger charge is 2.14. The molecule has 0 N–H and O–H groups in total. The van der Waals surface area contributed by atoms with E-state index >= 15 is 0 Å². The Hall–Kier alpha value is -2.40. The van der Waals surface area contributed by atoms with Gasteiger partial charge >= 0.3 is 4.87 Å².